The number of anilines is 2. The first kappa shape index (κ1) is 31.1. The molecule has 10 nitrogen and oxygen atoms in total. The van der Waals surface area contributed by atoms with Crippen LogP contribution in [0.15, 0.2) is 24.3 Å². The number of hydrogen-bond acceptors (Lipinski definition) is 11. The number of nitrogens with one attached hydrogen (secondary N) is 1. The van der Waals surface area contributed by atoms with Crippen LogP contribution in [0.4, 0.5) is 24.0 Å². The lowest BCUT2D eigenvalue weighted by Gasteiger charge is -2.35. The standard InChI is InChI=1S/C34H34F3N7O3S/c1-16-9-34(8-7-19(14-45)44(34)11-16)15-47-33-41-28-25(32(42-33)43-12-17-3-4-18(13-43)40-17)29(46-2)27(37)24(26(28)36)20-5-6-22(35)30-23(20)21(10-38)31(39)48-30/h5-6,17-19,40,45H,1,3-4,7-9,11-15,39H2,2H3/t17-,18?,19+,34+/m1/s1. The Morgan fingerprint density at radius 1 is 1.17 bits per heavy atom. The molecule has 4 saturated heterocycles. The molecule has 0 spiro atoms. The Morgan fingerprint density at radius 3 is 2.65 bits per heavy atom. The van der Waals surface area contributed by atoms with Gasteiger partial charge in [0.25, 0.3) is 0 Å². The highest BCUT2D eigenvalue weighted by molar-refractivity contribution is 7.23. The van der Waals surface area contributed by atoms with E-state index in [0.717, 1.165) is 48.7 Å². The molecule has 0 saturated carbocycles. The van der Waals surface area contributed by atoms with Crippen molar-refractivity contribution < 1.29 is 27.8 Å². The number of piperazine rings is 1. The predicted molar refractivity (Wildman–Crippen MR) is 177 cm³/mol. The second-order valence-corrected chi connectivity index (χ2v) is 14.4. The molecule has 250 valence electrons. The molecule has 14 heteroatoms. The van der Waals surface area contributed by atoms with Gasteiger partial charge < -0.3 is 30.5 Å². The quantitative estimate of drug-likeness (QED) is 0.233. The highest BCUT2D eigenvalue weighted by Crippen LogP contribution is 2.48. The molecule has 2 aromatic carbocycles. The maximum absolute atomic E-state index is 17.1. The van der Waals surface area contributed by atoms with Gasteiger partial charge in [0.2, 0.25) is 0 Å². The second kappa shape index (κ2) is 11.5. The van der Waals surface area contributed by atoms with Crippen molar-refractivity contribution in [3.8, 4) is 29.0 Å². The normalized spacial score (nSPS) is 25.3. The number of aliphatic hydroxyl groups excluding tert-OH is 1. The van der Waals surface area contributed by atoms with Crippen LogP contribution in [0.3, 0.4) is 0 Å². The summed E-state index contributed by atoms with van der Waals surface area (Å²) in [6.45, 7) is 6.17. The monoisotopic (exact) mass is 677 g/mol. The van der Waals surface area contributed by atoms with Gasteiger partial charge in [-0.1, -0.05) is 18.2 Å². The van der Waals surface area contributed by atoms with Gasteiger partial charge in [-0.3, -0.25) is 4.90 Å². The van der Waals surface area contributed by atoms with E-state index in [1.165, 1.54) is 13.2 Å². The van der Waals surface area contributed by atoms with Gasteiger partial charge in [0.05, 0.1) is 40.5 Å². The Hall–Kier alpha value is -4.16. The summed E-state index contributed by atoms with van der Waals surface area (Å²) < 4.78 is 60.7. The predicted octanol–water partition coefficient (Wildman–Crippen LogP) is 4.87. The van der Waals surface area contributed by atoms with Gasteiger partial charge in [0.15, 0.2) is 17.4 Å². The van der Waals surface area contributed by atoms with Gasteiger partial charge in [-0.15, -0.1) is 11.3 Å². The van der Waals surface area contributed by atoms with Crippen LogP contribution >= 0.6 is 11.3 Å². The molecule has 2 bridgehead atoms. The topological polar surface area (TPSA) is 133 Å². The molecule has 4 aliphatic rings. The number of nitrogens with two attached hydrogens (primary N) is 1. The minimum absolute atomic E-state index is 0.0125. The van der Waals surface area contributed by atoms with E-state index in [1.54, 1.807) is 0 Å². The number of thiophene rings is 1. The van der Waals surface area contributed by atoms with E-state index in [2.05, 4.69) is 21.8 Å². The average Bonchev–Trinajstić information content (AvgIpc) is 3.80. The van der Waals surface area contributed by atoms with Crippen LogP contribution < -0.4 is 25.4 Å². The van der Waals surface area contributed by atoms with Crippen LogP contribution in [0, 0.1) is 28.8 Å². The molecular formula is C34H34F3N7O3S. The van der Waals surface area contributed by atoms with Crippen molar-refractivity contribution in [1.29, 1.82) is 5.26 Å². The van der Waals surface area contributed by atoms with Crippen molar-refractivity contribution in [1.82, 2.24) is 20.2 Å². The van der Waals surface area contributed by atoms with Crippen molar-refractivity contribution >= 4 is 43.1 Å². The van der Waals surface area contributed by atoms with Crippen LogP contribution in [-0.2, 0) is 0 Å². The number of rotatable bonds is 7. The number of fused-ring (bicyclic) bond motifs is 5. The first-order valence-electron chi connectivity index (χ1n) is 16.0. The van der Waals surface area contributed by atoms with Crippen molar-refractivity contribution in [2.24, 2.45) is 0 Å². The third-order valence-corrected chi connectivity index (χ3v) is 11.5. The molecule has 4 atom stereocenters. The fraction of sp³-hybridized carbons (Fsp3) is 0.441. The average molecular weight is 678 g/mol. The smallest absolute Gasteiger partial charge is 0.319 e. The zero-order valence-corrected chi connectivity index (χ0v) is 27.1. The van der Waals surface area contributed by atoms with Crippen LogP contribution in [-0.4, -0.2) is 83.6 Å². The molecule has 0 radical (unpaired) electrons. The molecule has 4 fully saturated rings. The van der Waals surface area contributed by atoms with E-state index in [-0.39, 0.29) is 80.2 Å². The fourth-order valence-electron chi connectivity index (χ4n) is 8.40. The third kappa shape index (κ3) is 4.62. The second-order valence-electron chi connectivity index (χ2n) is 13.3. The van der Waals surface area contributed by atoms with Crippen LogP contribution in [0.1, 0.15) is 37.7 Å². The summed E-state index contributed by atoms with van der Waals surface area (Å²) >= 11 is 0.842. The summed E-state index contributed by atoms with van der Waals surface area (Å²) in [7, 11) is 1.29. The molecule has 1 unspecified atom stereocenters. The first-order chi connectivity index (χ1) is 23.2. The van der Waals surface area contributed by atoms with Gasteiger partial charge in [-0.25, -0.2) is 13.2 Å². The van der Waals surface area contributed by atoms with E-state index in [4.69, 9.17) is 20.2 Å². The molecule has 4 N–H and O–H groups in total. The number of aliphatic hydroxyl groups is 1. The lowest BCUT2D eigenvalue weighted by molar-refractivity contribution is 0.0645. The number of halogens is 3. The largest absolute Gasteiger partial charge is 0.493 e. The van der Waals surface area contributed by atoms with Crippen molar-refractivity contribution in [2.45, 2.75) is 55.8 Å². The Bertz CT molecular complexity index is 2040. The molecule has 4 aliphatic heterocycles. The highest BCUT2D eigenvalue weighted by atomic mass is 32.1. The number of hydrogen-bond donors (Lipinski definition) is 3. The summed E-state index contributed by atoms with van der Waals surface area (Å²) in [4.78, 5) is 13.6. The van der Waals surface area contributed by atoms with Crippen molar-refractivity contribution in [3.05, 3.63) is 47.3 Å². The van der Waals surface area contributed by atoms with Gasteiger partial charge in [0.1, 0.15) is 34.8 Å². The maximum atomic E-state index is 17.1. The van der Waals surface area contributed by atoms with E-state index in [9.17, 15) is 14.8 Å². The minimum atomic E-state index is -1.03. The molecule has 48 heavy (non-hydrogen) atoms. The van der Waals surface area contributed by atoms with Crippen LogP contribution in [0.2, 0.25) is 0 Å². The number of nitrogens with zero attached hydrogens (tertiary/aromatic N) is 5. The Morgan fingerprint density at radius 2 is 1.94 bits per heavy atom. The van der Waals surface area contributed by atoms with Gasteiger partial charge in [-0.05, 0) is 43.7 Å². The van der Waals surface area contributed by atoms with Crippen molar-refractivity contribution in [2.75, 3.05) is 50.6 Å². The Labute approximate surface area is 278 Å². The zero-order valence-electron chi connectivity index (χ0n) is 26.3. The molecule has 0 aliphatic carbocycles. The van der Waals surface area contributed by atoms with Crippen LogP contribution in [0.25, 0.3) is 32.1 Å². The van der Waals surface area contributed by atoms with E-state index in [1.807, 2.05) is 11.0 Å². The number of nitrogen functional groups attached to an aromatic ring is 1. The molecule has 8 rings (SSSR count). The maximum Gasteiger partial charge on any atom is 0.319 e. The van der Waals surface area contributed by atoms with Crippen molar-refractivity contribution in [3.63, 3.8) is 0 Å². The Kier molecular flexibility index (Phi) is 7.44. The van der Waals surface area contributed by atoms with Gasteiger partial charge in [-0.2, -0.15) is 15.2 Å². The minimum Gasteiger partial charge on any atom is -0.493 e. The third-order valence-electron chi connectivity index (χ3n) is 10.5. The summed E-state index contributed by atoms with van der Waals surface area (Å²) in [5.41, 5.74) is 5.82. The molecule has 4 aromatic rings. The fourth-order valence-corrected chi connectivity index (χ4v) is 9.35. The molecule has 0 amide bonds. The SMILES string of the molecule is C=C1CN2[C@H](CO)CC[C@@]2(COc2nc(N3CC4CC[C@H](C3)N4)c3c(OC)c(F)c(-c4ccc(F)c5sc(N)c(C#N)c45)c(F)c3n2)C1. The van der Waals surface area contributed by atoms with Crippen LogP contribution in [0.5, 0.6) is 11.8 Å². The molecule has 2 aromatic heterocycles. The number of methoxy groups -OCH3 is 1. The lowest BCUT2D eigenvalue weighted by atomic mass is 9.94. The van der Waals surface area contributed by atoms with Gasteiger partial charge >= 0.3 is 6.01 Å². The van der Waals surface area contributed by atoms with Gasteiger partial charge in [0, 0.05) is 43.1 Å². The molecular weight excluding hydrogens is 643 g/mol. The number of benzene rings is 2. The number of nitriles is 1. The number of aromatic nitrogens is 2. The first-order valence-corrected chi connectivity index (χ1v) is 16.8. The van der Waals surface area contributed by atoms with E-state index in [0.29, 0.717) is 31.9 Å². The van der Waals surface area contributed by atoms with E-state index >= 15 is 8.78 Å². The lowest BCUT2D eigenvalue weighted by Crippen LogP contribution is -2.51. The summed E-state index contributed by atoms with van der Waals surface area (Å²) in [5.74, 6) is -2.69. The number of ether oxygens (including phenoxy) is 2. The highest BCUT2D eigenvalue weighted by Gasteiger charge is 2.51. The summed E-state index contributed by atoms with van der Waals surface area (Å²) in [6, 6.07) is 4.58. The van der Waals surface area contributed by atoms with E-state index < -0.39 is 28.6 Å². The molecule has 6 heterocycles. The summed E-state index contributed by atoms with van der Waals surface area (Å²) in [5, 5.41) is 23.6. The summed E-state index contributed by atoms with van der Waals surface area (Å²) in [6.07, 6.45) is 4.21. The zero-order chi connectivity index (χ0) is 33.5. The Balaban J connectivity index is 1.32.